The normalized spacial score (nSPS) is 12.1. The molecule has 1 aromatic carbocycles. The fourth-order valence-corrected chi connectivity index (χ4v) is 2.11. The number of rotatable bonds is 3. The molecule has 0 saturated heterocycles. The van der Waals surface area contributed by atoms with Gasteiger partial charge in [-0.15, -0.1) is 0 Å². The minimum Gasteiger partial charge on any atom is -0.478 e. The molecule has 1 atom stereocenters. The first-order valence-corrected chi connectivity index (χ1v) is 6.14. The van der Waals surface area contributed by atoms with Gasteiger partial charge in [-0.2, -0.15) is 5.26 Å². The molecule has 0 fully saturated rings. The van der Waals surface area contributed by atoms with Crippen LogP contribution in [0.2, 0.25) is 0 Å². The van der Waals surface area contributed by atoms with E-state index < -0.39 is 5.97 Å². The second-order valence-corrected chi connectivity index (χ2v) is 4.40. The summed E-state index contributed by atoms with van der Waals surface area (Å²) in [5.41, 5.74) is 1.71. The van der Waals surface area contributed by atoms with E-state index in [1.54, 1.807) is 25.1 Å². The van der Waals surface area contributed by atoms with E-state index in [0.29, 0.717) is 17.5 Å². The molecule has 1 N–H and O–H groups in total. The van der Waals surface area contributed by atoms with Crippen LogP contribution in [0.15, 0.2) is 24.3 Å². The van der Waals surface area contributed by atoms with E-state index in [4.69, 9.17) is 5.26 Å². The molecule has 96 valence electrons. The van der Waals surface area contributed by atoms with Crippen LogP contribution < -0.4 is 0 Å². The van der Waals surface area contributed by atoms with Gasteiger partial charge in [-0.1, -0.05) is 19.1 Å². The lowest BCUT2D eigenvalue weighted by Crippen LogP contribution is -2.03. The van der Waals surface area contributed by atoms with Crippen molar-refractivity contribution in [2.45, 2.75) is 26.2 Å². The number of nitrogens with zero attached hydrogens (tertiary/aromatic N) is 2. The minimum atomic E-state index is -0.964. The SMILES string of the molecule is CCc1nc(C(C)C#N)cc2c(C(=O)O)cccc12. The highest BCUT2D eigenvalue weighted by Crippen LogP contribution is 2.25. The molecule has 19 heavy (non-hydrogen) atoms. The number of aromatic nitrogens is 1. The number of nitriles is 1. The van der Waals surface area contributed by atoms with Crippen LogP contribution in [0.5, 0.6) is 0 Å². The largest absolute Gasteiger partial charge is 0.478 e. The van der Waals surface area contributed by atoms with Crippen molar-refractivity contribution in [3.8, 4) is 6.07 Å². The van der Waals surface area contributed by atoms with Crippen molar-refractivity contribution in [3.05, 3.63) is 41.2 Å². The van der Waals surface area contributed by atoms with Gasteiger partial charge >= 0.3 is 5.97 Å². The van der Waals surface area contributed by atoms with Crippen molar-refractivity contribution >= 4 is 16.7 Å². The number of fused-ring (bicyclic) bond motifs is 1. The Labute approximate surface area is 111 Å². The molecule has 1 heterocycles. The van der Waals surface area contributed by atoms with Crippen molar-refractivity contribution < 1.29 is 9.90 Å². The third kappa shape index (κ3) is 2.27. The molecule has 0 aliphatic heterocycles. The third-order valence-corrected chi connectivity index (χ3v) is 3.18. The standard InChI is InChI=1S/C15H14N2O2/c1-3-13-10-5-4-6-11(15(18)19)12(10)7-14(17-13)9(2)8-16/h4-7,9H,3H2,1-2H3,(H,18,19). The van der Waals surface area contributed by atoms with E-state index in [0.717, 1.165) is 11.1 Å². The summed E-state index contributed by atoms with van der Waals surface area (Å²) in [5.74, 6) is -1.31. The molecular formula is C15H14N2O2. The molecule has 0 aliphatic carbocycles. The van der Waals surface area contributed by atoms with E-state index in [2.05, 4.69) is 11.1 Å². The van der Waals surface area contributed by atoms with Crippen LogP contribution in [0.25, 0.3) is 10.8 Å². The predicted molar refractivity (Wildman–Crippen MR) is 72.1 cm³/mol. The maximum atomic E-state index is 11.3. The van der Waals surface area contributed by atoms with Gasteiger partial charge < -0.3 is 5.11 Å². The summed E-state index contributed by atoms with van der Waals surface area (Å²) in [6.45, 7) is 3.73. The second kappa shape index (κ2) is 5.07. The maximum absolute atomic E-state index is 11.3. The van der Waals surface area contributed by atoms with Gasteiger partial charge in [-0.25, -0.2) is 4.79 Å². The van der Waals surface area contributed by atoms with Gasteiger partial charge in [0, 0.05) is 11.1 Å². The van der Waals surface area contributed by atoms with Gasteiger partial charge in [0.15, 0.2) is 0 Å². The van der Waals surface area contributed by atoms with Crippen LogP contribution in [-0.2, 0) is 6.42 Å². The van der Waals surface area contributed by atoms with Gasteiger partial charge in [0.1, 0.15) is 0 Å². The Balaban J connectivity index is 2.83. The number of pyridine rings is 1. The van der Waals surface area contributed by atoms with Crippen LogP contribution >= 0.6 is 0 Å². The molecule has 2 aromatic rings. The summed E-state index contributed by atoms with van der Waals surface area (Å²) in [7, 11) is 0. The lowest BCUT2D eigenvalue weighted by Gasteiger charge is -2.11. The lowest BCUT2D eigenvalue weighted by molar-refractivity contribution is 0.0699. The van der Waals surface area contributed by atoms with Gasteiger partial charge in [0.2, 0.25) is 0 Å². The molecule has 0 spiro atoms. The zero-order valence-electron chi connectivity index (χ0n) is 10.8. The number of carbonyl (C=O) groups is 1. The van der Waals surface area contributed by atoms with Crippen LogP contribution in [0.1, 0.15) is 41.5 Å². The number of hydrogen-bond acceptors (Lipinski definition) is 3. The van der Waals surface area contributed by atoms with E-state index >= 15 is 0 Å². The number of benzene rings is 1. The highest BCUT2D eigenvalue weighted by atomic mass is 16.4. The first kappa shape index (κ1) is 13.0. The summed E-state index contributed by atoms with van der Waals surface area (Å²) >= 11 is 0. The number of aromatic carboxylic acids is 1. The lowest BCUT2D eigenvalue weighted by atomic mass is 9.99. The van der Waals surface area contributed by atoms with E-state index in [9.17, 15) is 9.90 Å². The van der Waals surface area contributed by atoms with Crippen molar-refractivity contribution in [1.82, 2.24) is 4.98 Å². The summed E-state index contributed by atoms with van der Waals surface area (Å²) in [6, 6.07) is 9.02. The Morgan fingerprint density at radius 3 is 2.79 bits per heavy atom. The molecule has 1 unspecified atom stereocenters. The van der Waals surface area contributed by atoms with Crippen LogP contribution in [0.3, 0.4) is 0 Å². The highest BCUT2D eigenvalue weighted by molar-refractivity contribution is 6.04. The van der Waals surface area contributed by atoms with Crippen molar-refractivity contribution in [2.24, 2.45) is 0 Å². The third-order valence-electron chi connectivity index (χ3n) is 3.18. The highest BCUT2D eigenvalue weighted by Gasteiger charge is 2.15. The first-order valence-electron chi connectivity index (χ1n) is 6.14. The molecule has 4 nitrogen and oxygen atoms in total. The average molecular weight is 254 g/mol. The minimum absolute atomic E-state index is 0.251. The summed E-state index contributed by atoms with van der Waals surface area (Å²) in [4.78, 5) is 15.8. The maximum Gasteiger partial charge on any atom is 0.336 e. The molecule has 0 amide bonds. The fourth-order valence-electron chi connectivity index (χ4n) is 2.11. The zero-order chi connectivity index (χ0) is 14.0. The molecular weight excluding hydrogens is 240 g/mol. The van der Waals surface area contributed by atoms with E-state index in [-0.39, 0.29) is 11.5 Å². The smallest absolute Gasteiger partial charge is 0.336 e. The number of carboxylic acid groups (broad SMARTS) is 1. The number of hydrogen-bond donors (Lipinski definition) is 1. The van der Waals surface area contributed by atoms with Gasteiger partial charge in [-0.05, 0) is 30.9 Å². The summed E-state index contributed by atoms with van der Waals surface area (Å²) < 4.78 is 0. The molecule has 2 rings (SSSR count). The van der Waals surface area contributed by atoms with Crippen LogP contribution in [0, 0.1) is 11.3 Å². The fraction of sp³-hybridized carbons (Fsp3) is 0.267. The predicted octanol–water partition coefficient (Wildman–Crippen LogP) is 3.12. The quantitative estimate of drug-likeness (QED) is 0.913. The Kier molecular flexibility index (Phi) is 3.48. The van der Waals surface area contributed by atoms with E-state index in [1.807, 2.05) is 13.0 Å². The molecule has 1 aromatic heterocycles. The Bertz CT molecular complexity index is 686. The Hall–Kier alpha value is -2.41. The molecule has 0 aliphatic rings. The summed E-state index contributed by atoms with van der Waals surface area (Å²) in [6.07, 6.45) is 0.700. The molecule has 0 bridgehead atoms. The molecule has 0 radical (unpaired) electrons. The molecule has 0 saturated carbocycles. The van der Waals surface area contributed by atoms with Crippen molar-refractivity contribution in [3.63, 3.8) is 0 Å². The van der Waals surface area contributed by atoms with Crippen molar-refractivity contribution in [2.75, 3.05) is 0 Å². The monoisotopic (exact) mass is 254 g/mol. The Morgan fingerprint density at radius 1 is 1.47 bits per heavy atom. The summed E-state index contributed by atoms with van der Waals surface area (Å²) in [5, 5.41) is 19.7. The average Bonchev–Trinajstić information content (AvgIpc) is 2.44. The molecule has 4 heteroatoms. The number of carboxylic acids is 1. The van der Waals surface area contributed by atoms with Gasteiger partial charge in [-0.3, -0.25) is 4.98 Å². The van der Waals surface area contributed by atoms with Crippen LogP contribution in [0.4, 0.5) is 0 Å². The number of aryl methyl sites for hydroxylation is 1. The Morgan fingerprint density at radius 2 is 2.21 bits per heavy atom. The van der Waals surface area contributed by atoms with E-state index in [1.165, 1.54) is 0 Å². The topological polar surface area (TPSA) is 74.0 Å². The van der Waals surface area contributed by atoms with Gasteiger partial charge in [0.25, 0.3) is 0 Å². The first-order chi connectivity index (χ1) is 9.08. The zero-order valence-corrected chi connectivity index (χ0v) is 10.8. The van der Waals surface area contributed by atoms with Crippen LogP contribution in [-0.4, -0.2) is 16.1 Å². The second-order valence-electron chi connectivity index (χ2n) is 4.40. The van der Waals surface area contributed by atoms with Crippen molar-refractivity contribution in [1.29, 1.82) is 5.26 Å². The van der Waals surface area contributed by atoms with Gasteiger partial charge in [0.05, 0.1) is 23.2 Å².